The highest BCUT2D eigenvalue weighted by atomic mass is 32.2. The molecule has 0 saturated heterocycles. The van der Waals surface area contributed by atoms with Crippen LogP contribution in [-0.2, 0) is 9.84 Å². The Bertz CT molecular complexity index is 454. The maximum Gasteiger partial charge on any atom is 0.148 e. The number of ether oxygens (including phenoxy) is 1. The number of hydrogen-bond donors (Lipinski definition) is 1. The molecule has 0 spiro atoms. The summed E-state index contributed by atoms with van der Waals surface area (Å²) in [5.41, 5.74) is 1.20. The molecule has 0 aromatic heterocycles. The van der Waals surface area contributed by atoms with E-state index in [0.29, 0.717) is 13.2 Å². The average molecular weight is 271 g/mol. The van der Waals surface area contributed by atoms with Crippen LogP contribution in [0.25, 0.3) is 0 Å². The predicted molar refractivity (Wildman–Crippen MR) is 73.8 cm³/mol. The fourth-order valence-corrected chi connectivity index (χ4v) is 1.89. The number of nitrogens with one attached hydrogen (secondary N) is 1. The fourth-order valence-electron chi connectivity index (χ4n) is 1.41. The van der Waals surface area contributed by atoms with Crippen LogP contribution in [0.15, 0.2) is 24.3 Å². The standard InChI is InChI=1S/C13H21NO3S/c1-11-4-6-13(7-5-11)17-10-12(2)14-8-9-18(3,15)16/h4-7,12,14H,8-10H2,1-3H3. The molecule has 0 aliphatic carbocycles. The van der Waals surface area contributed by atoms with Crippen molar-refractivity contribution in [2.24, 2.45) is 0 Å². The first kappa shape index (κ1) is 15.0. The quantitative estimate of drug-likeness (QED) is 0.814. The molecule has 0 bridgehead atoms. The zero-order chi connectivity index (χ0) is 13.6. The molecule has 1 rings (SSSR count). The normalized spacial score (nSPS) is 13.3. The molecule has 0 saturated carbocycles. The van der Waals surface area contributed by atoms with Crippen LogP contribution in [0, 0.1) is 6.92 Å². The lowest BCUT2D eigenvalue weighted by Gasteiger charge is -2.14. The van der Waals surface area contributed by atoms with E-state index in [1.165, 1.54) is 11.8 Å². The second-order valence-corrected chi connectivity index (χ2v) is 6.87. The van der Waals surface area contributed by atoms with E-state index in [9.17, 15) is 8.42 Å². The topological polar surface area (TPSA) is 55.4 Å². The zero-order valence-corrected chi connectivity index (χ0v) is 12.0. The summed E-state index contributed by atoms with van der Waals surface area (Å²) in [4.78, 5) is 0. The summed E-state index contributed by atoms with van der Waals surface area (Å²) in [6.45, 7) is 4.97. The number of sulfone groups is 1. The van der Waals surface area contributed by atoms with Crippen molar-refractivity contribution in [3.63, 3.8) is 0 Å². The zero-order valence-electron chi connectivity index (χ0n) is 11.1. The SMILES string of the molecule is Cc1ccc(OCC(C)NCCS(C)(=O)=O)cc1. The maximum absolute atomic E-state index is 11.0. The molecule has 1 N–H and O–H groups in total. The van der Waals surface area contributed by atoms with Crippen LogP contribution >= 0.6 is 0 Å². The van der Waals surface area contributed by atoms with Gasteiger partial charge in [0.2, 0.25) is 0 Å². The van der Waals surface area contributed by atoms with Crippen LogP contribution in [0.1, 0.15) is 12.5 Å². The number of hydrogen-bond acceptors (Lipinski definition) is 4. The summed E-state index contributed by atoms with van der Waals surface area (Å²) in [6, 6.07) is 7.97. The van der Waals surface area contributed by atoms with E-state index in [2.05, 4.69) is 5.32 Å². The van der Waals surface area contributed by atoms with E-state index < -0.39 is 9.84 Å². The first-order valence-corrected chi connectivity index (χ1v) is 8.03. The Balaban J connectivity index is 2.24. The molecule has 1 unspecified atom stereocenters. The van der Waals surface area contributed by atoms with Crippen LogP contribution in [0.5, 0.6) is 5.75 Å². The minimum atomic E-state index is -2.89. The highest BCUT2D eigenvalue weighted by Crippen LogP contribution is 2.11. The summed E-state index contributed by atoms with van der Waals surface area (Å²) in [5, 5.41) is 3.12. The van der Waals surface area contributed by atoms with Gasteiger partial charge >= 0.3 is 0 Å². The minimum Gasteiger partial charge on any atom is -0.492 e. The van der Waals surface area contributed by atoms with Gasteiger partial charge in [-0.15, -0.1) is 0 Å². The Morgan fingerprint density at radius 1 is 1.28 bits per heavy atom. The molecule has 0 amide bonds. The molecule has 1 aromatic carbocycles. The van der Waals surface area contributed by atoms with Crippen LogP contribution in [0.3, 0.4) is 0 Å². The van der Waals surface area contributed by atoms with Crippen molar-refractivity contribution >= 4 is 9.84 Å². The van der Waals surface area contributed by atoms with E-state index in [4.69, 9.17) is 4.74 Å². The summed E-state index contributed by atoms with van der Waals surface area (Å²) in [5.74, 6) is 0.986. The third-order valence-electron chi connectivity index (χ3n) is 2.49. The Labute approximate surface area is 109 Å². The summed E-state index contributed by atoms with van der Waals surface area (Å²) in [6.07, 6.45) is 1.24. The van der Waals surface area contributed by atoms with E-state index in [0.717, 1.165) is 5.75 Å². The highest BCUT2D eigenvalue weighted by Gasteiger charge is 2.05. The highest BCUT2D eigenvalue weighted by molar-refractivity contribution is 7.90. The Morgan fingerprint density at radius 2 is 1.89 bits per heavy atom. The Kier molecular flexibility index (Phi) is 5.62. The maximum atomic E-state index is 11.0. The second-order valence-electron chi connectivity index (χ2n) is 4.61. The van der Waals surface area contributed by atoms with Crippen molar-refractivity contribution < 1.29 is 13.2 Å². The van der Waals surface area contributed by atoms with Crippen LogP contribution < -0.4 is 10.1 Å². The van der Waals surface area contributed by atoms with Gasteiger partial charge in [-0.3, -0.25) is 0 Å². The van der Waals surface area contributed by atoms with Crippen LogP contribution in [0.4, 0.5) is 0 Å². The fraction of sp³-hybridized carbons (Fsp3) is 0.538. The number of aryl methyl sites for hydroxylation is 1. The summed E-state index contributed by atoms with van der Waals surface area (Å²) < 4.78 is 27.5. The van der Waals surface area contributed by atoms with Crippen molar-refractivity contribution in [3.05, 3.63) is 29.8 Å². The lowest BCUT2D eigenvalue weighted by atomic mass is 10.2. The molecule has 4 nitrogen and oxygen atoms in total. The predicted octanol–water partition coefficient (Wildman–Crippen LogP) is 1.40. The molecule has 0 aliphatic heterocycles. The summed E-state index contributed by atoms with van der Waals surface area (Å²) in [7, 11) is -2.89. The van der Waals surface area contributed by atoms with Gasteiger partial charge in [-0.05, 0) is 26.0 Å². The Morgan fingerprint density at radius 3 is 2.44 bits per heavy atom. The molecule has 18 heavy (non-hydrogen) atoms. The third kappa shape index (κ3) is 6.61. The van der Waals surface area contributed by atoms with Crippen molar-refractivity contribution in [1.29, 1.82) is 0 Å². The monoisotopic (exact) mass is 271 g/mol. The van der Waals surface area contributed by atoms with Crippen molar-refractivity contribution in [3.8, 4) is 5.75 Å². The molecule has 0 fully saturated rings. The molecule has 0 heterocycles. The first-order chi connectivity index (χ1) is 8.37. The van der Waals surface area contributed by atoms with Crippen LogP contribution in [0.2, 0.25) is 0 Å². The first-order valence-electron chi connectivity index (χ1n) is 5.97. The molecular weight excluding hydrogens is 250 g/mol. The molecule has 102 valence electrons. The van der Waals surface area contributed by atoms with E-state index >= 15 is 0 Å². The largest absolute Gasteiger partial charge is 0.492 e. The van der Waals surface area contributed by atoms with Gasteiger partial charge < -0.3 is 10.1 Å². The molecule has 1 atom stereocenters. The summed E-state index contributed by atoms with van der Waals surface area (Å²) >= 11 is 0. The smallest absolute Gasteiger partial charge is 0.148 e. The van der Waals surface area contributed by atoms with E-state index in [1.807, 2.05) is 38.1 Å². The third-order valence-corrected chi connectivity index (χ3v) is 3.43. The molecule has 0 radical (unpaired) electrons. The average Bonchev–Trinajstić information content (AvgIpc) is 2.26. The lowest BCUT2D eigenvalue weighted by Crippen LogP contribution is -2.35. The number of benzene rings is 1. The second kappa shape index (κ2) is 6.75. The van der Waals surface area contributed by atoms with Gasteiger partial charge in [-0.25, -0.2) is 8.42 Å². The van der Waals surface area contributed by atoms with Crippen molar-refractivity contribution in [2.45, 2.75) is 19.9 Å². The number of rotatable bonds is 7. The van der Waals surface area contributed by atoms with Crippen molar-refractivity contribution in [2.75, 3.05) is 25.2 Å². The molecule has 5 heteroatoms. The van der Waals surface area contributed by atoms with Gasteiger partial charge in [0.1, 0.15) is 22.2 Å². The van der Waals surface area contributed by atoms with Gasteiger partial charge in [0.05, 0.1) is 5.75 Å². The minimum absolute atomic E-state index is 0.119. The molecular formula is C13H21NO3S. The van der Waals surface area contributed by atoms with E-state index in [1.54, 1.807) is 0 Å². The van der Waals surface area contributed by atoms with Gasteiger partial charge in [0.15, 0.2) is 0 Å². The lowest BCUT2D eigenvalue weighted by molar-refractivity contribution is 0.275. The molecule has 1 aromatic rings. The Hall–Kier alpha value is -1.07. The van der Waals surface area contributed by atoms with E-state index in [-0.39, 0.29) is 11.8 Å². The van der Waals surface area contributed by atoms with Gasteiger partial charge in [-0.1, -0.05) is 17.7 Å². The van der Waals surface area contributed by atoms with Gasteiger partial charge in [0, 0.05) is 18.8 Å². The van der Waals surface area contributed by atoms with Gasteiger partial charge in [-0.2, -0.15) is 0 Å². The van der Waals surface area contributed by atoms with Crippen LogP contribution in [-0.4, -0.2) is 39.6 Å². The van der Waals surface area contributed by atoms with Gasteiger partial charge in [0.25, 0.3) is 0 Å². The molecule has 0 aliphatic rings. The van der Waals surface area contributed by atoms with Crippen molar-refractivity contribution in [1.82, 2.24) is 5.32 Å².